The van der Waals surface area contributed by atoms with Crippen molar-refractivity contribution in [2.75, 3.05) is 28.3 Å². The van der Waals surface area contributed by atoms with Gasteiger partial charge in [0.05, 0.1) is 14.2 Å². The van der Waals surface area contributed by atoms with Crippen molar-refractivity contribution in [2.24, 2.45) is 0 Å². The molecule has 0 aliphatic rings. The first kappa shape index (κ1) is 13.5. The summed E-state index contributed by atoms with van der Waals surface area (Å²) < 4.78 is 10.1. The van der Waals surface area contributed by atoms with Crippen molar-refractivity contribution >= 4 is 5.97 Å². The molecule has 94 valence electrons. The van der Waals surface area contributed by atoms with Crippen LogP contribution in [-0.2, 0) is 11.3 Å². The van der Waals surface area contributed by atoms with E-state index in [9.17, 15) is 4.79 Å². The lowest BCUT2D eigenvalue weighted by Crippen LogP contribution is -2.14. The lowest BCUT2D eigenvalue weighted by atomic mass is 10.0. The van der Waals surface area contributed by atoms with E-state index in [0.717, 1.165) is 17.7 Å². The molecule has 0 saturated heterocycles. The SMILES string of the molecule is COC(=O)c1cc(C)cc(CN(C)C)c1OC. The Balaban J connectivity index is 3.29. The molecule has 0 aliphatic heterocycles. The summed E-state index contributed by atoms with van der Waals surface area (Å²) in [5.41, 5.74) is 2.48. The Hall–Kier alpha value is -1.55. The summed E-state index contributed by atoms with van der Waals surface area (Å²) >= 11 is 0. The molecule has 0 amide bonds. The van der Waals surface area contributed by atoms with Crippen LogP contribution in [0.1, 0.15) is 21.5 Å². The number of hydrogen-bond acceptors (Lipinski definition) is 4. The van der Waals surface area contributed by atoms with Gasteiger partial charge < -0.3 is 14.4 Å². The molecule has 1 aromatic rings. The lowest BCUT2D eigenvalue weighted by Gasteiger charge is -2.16. The zero-order valence-electron chi connectivity index (χ0n) is 11.0. The number of rotatable bonds is 4. The molecule has 1 aromatic carbocycles. The Kier molecular flexibility index (Phi) is 4.52. The van der Waals surface area contributed by atoms with E-state index in [4.69, 9.17) is 9.47 Å². The van der Waals surface area contributed by atoms with Crippen molar-refractivity contribution in [1.82, 2.24) is 4.90 Å². The second-order valence-corrected chi connectivity index (χ2v) is 4.23. The van der Waals surface area contributed by atoms with Gasteiger partial charge in [-0.3, -0.25) is 0 Å². The van der Waals surface area contributed by atoms with Crippen molar-refractivity contribution in [3.05, 3.63) is 28.8 Å². The molecule has 0 N–H and O–H groups in total. The minimum Gasteiger partial charge on any atom is -0.496 e. The molecule has 0 fully saturated rings. The molecule has 1 rings (SSSR count). The van der Waals surface area contributed by atoms with Crippen LogP contribution in [0.5, 0.6) is 5.75 Å². The van der Waals surface area contributed by atoms with E-state index in [2.05, 4.69) is 0 Å². The van der Waals surface area contributed by atoms with E-state index in [0.29, 0.717) is 11.3 Å². The molecule has 0 heterocycles. The maximum atomic E-state index is 11.7. The van der Waals surface area contributed by atoms with E-state index in [1.54, 1.807) is 13.2 Å². The number of ether oxygens (including phenoxy) is 2. The van der Waals surface area contributed by atoms with Gasteiger partial charge in [0, 0.05) is 12.1 Å². The van der Waals surface area contributed by atoms with Crippen LogP contribution in [0.3, 0.4) is 0 Å². The molecule has 0 aromatic heterocycles. The van der Waals surface area contributed by atoms with Crippen molar-refractivity contribution < 1.29 is 14.3 Å². The van der Waals surface area contributed by atoms with Crippen molar-refractivity contribution in [3.8, 4) is 5.75 Å². The van der Waals surface area contributed by atoms with Crippen molar-refractivity contribution in [2.45, 2.75) is 13.5 Å². The lowest BCUT2D eigenvalue weighted by molar-refractivity contribution is 0.0596. The molecular formula is C13H19NO3. The molecule has 4 nitrogen and oxygen atoms in total. The number of hydrogen-bond donors (Lipinski definition) is 0. The zero-order valence-corrected chi connectivity index (χ0v) is 11.0. The highest BCUT2D eigenvalue weighted by Crippen LogP contribution is 2.27. The molecule has 0 bridgehead atoms. The van der Waals surface area contributed by atoms with Gasteiger partial charge >= 0.3 is 5.97 Å². The van der Waals surface area contributed by atoms with Crippen LogP contribution < -0.4 is 4.74 Å². The van der Waals surface area contributed by atoms with E-state index in [1.807, 2.05) is 32.0 Å². The summed E-state index contributed by atoms with van der Waals surface area (Å²) in [5, 5.41) is 0. The van der Waals surface area contributed by atoms with E-state index < -0.39 is 0 Å². The third kappa shape index (κ3) is 3.20. The Morgan fingerprint density at radius 2 is 1.94 bits per heavy atom. The summed E-state index contributed by atoms with van der Waals surface area (Å²) in [4.78, 5) is 13.7. The summed E-state index contributed by atoms with van der Waals surface area (Å²) in [7, 11) is 6.88. The smallest absolute Gasteiger partial charge is 0.341 e. The van der Waals surface area contributed by atoms with Gasteiger partial charge in [-0.25, -0.2) is 4.79 Å². The molecule has 0 radical (unpaired) electrons. The fourth-order valence-electron chi connectivity index (χ4n) is 1.81. The summed E-state index contributed by atoms with van der Waals surface area (Å²) in [6, 6.07) is 3.80. The largest absolute Gasteiger partial charge is 0.496 e. The van der Waals surface area contributed by atoms with Crippen molar-refractivity contribution in [1.29, 1.82) is 0 Å². The highest BCUT2D eigenvalue weighted by atomic mass is 16.5. The Morgan fingerprint density at radius 3 is 2.41 bits per heavy atom. The fraction of sp³-hybridized carbons (Fsp3) is 0.462. The molecular weight excluding hydrogens is 218 g/mol. The molecule has 4 heteroatoms. The van der Waals surface area contributed by atoms with Crippen LogP contribution >= 0.6 is 0 Å². The van der Waals surface area contributed by atoms with Gasteiger partial charge in [0.25, 0.3) is 0 Å². The van der Waals surface area contributed by atoms with Gasteiger partial charge in [-0.2, -0.15) is 0 Å². The van der Waals surface area contributed by atoms with Crippen LogP contribution in [0.15, 0.2) is 12.1 Å². The quantitative estimate of drug-likeness (QED) is 0.749. The molecule has 0 unspecified atom stereocenters. The van der Waals surface area contributed by atoms with E-state index >= 15 is 0 Å². The van der Waals surface area contributed by atoms with Gasteiger partial charge in [0.15, 0.2) is 0 Å². The number of methoxy groups -OCH3 is 2. The number of nitrogens with zero attached hydrogens (tertiary/aromatic N) is 1. The predicted molar refractivity (Wildman–Crippen MR) is 66.5 cm³/mol. The van der Waals surface area contributed by atoms with E-state index in [1.165, 1.54) is 7.11 Å². The number of carbonyl (C=O) groups is 1. The third-order valence-electron chi connectivity index (χ3n) is 2.41. The molecule has 0 aliphatic carbocycles. The Morgan fingerprint density at radius 1 is 1.29 bits per heavy atom. The molecule has 0 saturated carbocycles. The second-order valence-electron chi connectivity index (χ2n) is 4.23. The average Bonchev–Trinajstić information content (AvgIpc) is 2.26. The summed E-state index contributed by atoms with van der Waals surface area (Å²) in [5.74, 6) is 0.224. The molecule has 0 atom stereocenters. The minimum absolute atomic E-state index is 0.370. The second kappa shape index (κ2) is 5.68. The average molecular weight is 237 g/mol. The highest BCUT2D eigenvalue weighted by molar-refractivity contribution is 5.93. The first-order valence-corrected chi connectivity index (χ1v) is 5.40. The molecule has 0 spiro atoms. The van der Waals surface area contributed by atoms with Crippen LogP contribution in [0.4, 0.5) is 0 Å². The van der Waals surface area contributed by atoms with E-state index in [-0.39, 0.29) is 5.97 Å². The van der Waals surface area contributed by atoms with Gasteiger partial charge in [0.2, 0.25) is 0 Å². The standard InChI is InChI=1S/C13H19NO3/c1-9-6-10(8-14(2)3)12(16-4)11(7-9)13(15)17-5/h6-7H,8H2,1-5H3. The van der Waals surface area contributed by atoms with Gasteiger partial charge in [-0.15, -0.1) is 0 Å². The molecule has 17 heavy (non-hydrogen) atoms. The van der Waals surface area contributed by atoms with Gasteiger partial charge in [-0.1, -0.05) is 6.07 Å². The normalized spacial score (nSPS) is 10.5. The Bertz CT molecular complexity index is 413. The maximum absolute atomic E-state index is 11.7. The number of esters is 1. The van der Waals surface area contributed by atoms with Gasteiger partial charge in [-0.05, 0) is 32.6 Å². The summed E-state index contributed by atoms with van der Waals surface area (Å²) in [6.07, 6.45) is 0. The fourth-order valence-corrected chi connectivity index (χ4v) is 1.81. The first-order chi connectivity index (χ1) is 7.99. The Labute approximate surface area is 102 Å². The number of carbonyl (C=O) groups excluding carboxylic acids is 1. The first-order valence-electron chi connectivity index (χ1n) is 5.40. The zero-order chi connectivity index (χ0) is 13.0. The van der Waals surface area contributed by atoms with Crippen LogP contribution in [-0.4, -0.2) is 39.2 Å². The number of aryl methyl sites for hydroxylation is 1. The van der Waals surface area contributed by atoms with Crippen molar-refractivity contribution in [3.63, 3.8) is 0 Å². The topological polar surface area (TPSA) is 38.8 Å². The van der Waals surface area contributed by atoms with Crippen LogP contribution in [0.2, 0.25) is 0 Å². The third-order valence-corrected chi connectivity index (χ3v) is 2.41. The monoisotopic (exact) mass is 237 g/mol. The number of benzene rings is 1. The summed E-state index contributed by atoms with van der Waals surface area (Å²) in [6.45, 7) is 2.67. The van der Waals surface area contributed by atoms with Crippen LogP contribution in [0, 0.1) is 6.92 Å². The van der Waals surface area contributed by atoms with Crippen LogP contribution in [0.25, 0.3) is 0 Å². The predicted octanol–water partition coefficient (Wildman–Crippen LogP) is 1.85. The van der Waals surface area contributed by atoms with Gasteiger partial charge in [0.1, 0.15) is 11.3 Å². The minimum atomic E-state index is -0.370. The highest BCUT2D eigenvalue weighted by Gasteiger charge is 2.17. The maximum Gasteiger partial charge on any atom is 0.341 e.